The van der Waals surface area contributed by atoms with Crippen LogP contribution in [-0.4, -0.2) is 23.4 Å². The Kier molecular flexibility index (Phi) is 4.37. The number of hydrazine groups is 1. The maximum absolute atomic E-state index is 13.6. The molecule has 0 radical (unpaired) electrons. The van der Waals surface area contributed by atoms with Crippen LogP contribution in [0.4, 0.5) is 10.1 Å². The standard InChI is InChI=1S/C14H20FN3O/c1-2-18(10-6-3-4-7-10)14(19)11-8-5-9-12(15)13(11)17-16/h5,8-10,17H,2-4,6-7,16H2,1H3. The van der Waals surface area contributed by atoms with Gasteiger partial charge in [0.15, 0.2) is 0 Å². The van der Waals surface area contributed by atoms with Gasteiger partial charge in [-0.3, -0.25) is 10.6 Å². The number of nitrogens with zero attached hydrogens (tertiary/aromatic N) is 1. The average molecular weight is 265 g/mol. The molecule has 0 atom stereocenters. The molecule has 1 aromatic carbocycles. The molecule has 3 N–H and O–H groups in total. The zero-order valence-electron chi connectivity index (χ0n) is 11.2. The third-order valence-electron chi connectivity index (χ3n) is 3.76. The Balaban J connectivity index is 2.29. The summed E-state index contributed by atoms with van der Waals surface area (Å²) in [5.41, 5.74) is 2.67. The molecule has 1 aliphatic rings. The first-order valence-corrected chi connectivity index (χ1v) is 6.75. The van der Waals surface area contributed by atoms with Crippen molar-refractivity contribution in [1.82, 2.24) is 4.90 Å². The molecule has 1 aromatic rings. The van der Waals surface area contributed by atoms with E-state index in [0.717, 1.165) is 25.7 Å². The minimum absolute atomic E-state index is 0.0731. The second-order valence-corrected chi connectivity index (χ2v) is 4.84. The van der Waals surface area contributed by atoms with Gasteiger partial charge in [-0.2, -0.15) is 0 Å². The third-order valence-corrected chi connectivity index (χ3v) is 3.76. The minimum Gasteiger partial charge on any atom is -0.336 e. The molecule has 1 amide bonds. The maximum atomic E-state index is 13.6. The summed E-state index contributed by atoms with van der Waals surface area (Å²) in [5, 5.41) is 0. The van der Waals surface area contributed by atoms with Crippen molar-refractivity contribution in [3.8, 4) is 0 Å². The number of amides is 1. The Morgan fingerprint density at radius 3 is 2.74 bits per heavy atom. The summed E-state index contributed by atoms with van der Waals surface area (Å²) >= 11 is 0. The van der Waals surface area contributed by atoms with Gasteiger partial charge in [0, 0.05) is 12.6 Å². The third kappa shape index (κ3) is 2.71. The van der Waals surface area contributed by atoms with Gasteiger partial charge in [-0.25, -0.2) is 4.39 Å². The minimum atomic E-state index is -0.504. The van der Waals surface area contributed by atoms with Crippen molar-refractivity contribution >= 4 is 11.6 Å². The van der Waals surface area contributed by atoms with Crippen LogP contribution >= 0.6 is 0 Å². The number of halogens is 1. The van der Waals surface area contributed by atoms with Crippen LogP contribution in [0, 0.1) is 5.82 Å². The molecule has 0 aliphatic heterocycles. The van der Waals surface area contributed by atoms with Crippen LogP contribution in [0.3, 0.4) is 0 Å². The van der Waals surface area contributed by atoms with Crippen LogP contribution in [0.25, 0.3) is 0 Å². The predicted octanol–water partition coefficient (Wildman–Crippen LogP) is 2.52. The molecule has 0 unspecified atom stereocenters. The average Bonchev–Trinajstić information content (AvgIpc) is 2.93. The van der Waals surface area contributed by atoms with Crippen LogP contribution in [0.5, 0.6) is 0 Å². The topological polar surface area (TPSA) is 58.4 Å². The highest BCUT2D eigenvalue weighted by molar-refractivity contribution is 5.99. The van der Waals surface area contributed by atoms with Crippen LogP contribution in [0.1, 0.15) is 43.0 Å². The Labute approximate surface area is 112 Å². The van der Waals surface area contributed by atoms with E-state index in [9.17, 15) is 9.18 Å². The van der Waals surface area contributed by atoms with E-state index in [1.807, 2.05) is 11.8 Å². The van der Waals surface area contributed by atoms with E-state index in [1.54, 1.807) is 6.07 Å². The lowest BCUT2D eigenvalue weighted by molar-refractivity contribution is 0.0694. The molecule has 0 spiro atoms. The summed E-state index contributed by atoms with van der Waals surface area (Å²) in [5.74, 6) is 4.67. The number of nitrogens with two attached hydrogens (primary N) is 1. The summed E-state index contributed by atoms with van der Waals surface area (Å²) in [6, 6.07) is 4.70. The second kappa shape index (κ2) is 6.02. The normalized spacial score (nSPS) is 15.5. The molecule has 2 rings (SSSR count). The Hall–Kier alpha value is -1.62. The number of carbonyl (C=O) groups excluding carboxylic acids is 1. The van der Waals surface area contributed by atoms with E-state index in [4.69, 9.17) is 5.84 Å². The lowest BCUT2D eigenvalue weighted by atomic mass is 10.1. The number of rotatable bonds is 4. The number of carbonyl (C=O) groups is 1. The first kappa shape index (κ1) is 13.8. The number of benzene rings is 1. The van der Waals surface area contributed by atoms with Crippen molar-refractivity contribution < 1.29 is 9.18 Å². The smallest absolute Gasteiger partial charge is 0.256 e. The molecule has 1 saturated carbocycles. The van der Waals surface area contributed by atoms with Gasteiger partial charge in [-0.05, 0) is 31.9 Å². The number of anilines is 1. The summed E-state index contributed by atoms with van der Waals surface area (Å²) in [6.07, 6.45) is 4.36. The molecule has 0 bridgehead atoms. The maximum Gasteiger partial charge on any atom is 0.256 e. The van der Waals surface area contributed by atoms with Crippen LogP contribution in [0.15, 0.2) is 18.2 Å². The molecular weight excluding hydrogens is 245 g/mol. The number of hydrogen-bond acceptors (Lipinski definition) is 3. The highest BCUT2D eigenvalue weighted by atomic mass is 19.1. The first-order valence-electron chi connectivity index (χ1n) is 6.75. The van der Waals surface area contributed by atoms with Crippen LogP contribution < -0.4 is 11.3 Å². The van der Waals surface area contributed by atoms with E-state index in [2.05, 4.69) is 5.43 Å². The Morgan fingerprint density at radius 2 is 2.16 bits per heavy atom. The van der Waals surface area contributed by atoms with Gasteiger partial charge < -0.3 is 10.3 Å². The van der Waals surface area contributed by atoms with Gasteiger partial charge in [0.05, 0.1) is 11.3 Å². The molecular formula is C14H20FN3O. The number of nitrogen functional groups attached to an aromatic ring is 1. The fourth-order valence-electron chi connectivity index (χ4n) is 2.79. The zero-order valence-corrected chi connectivity index (χ0v) is 11.2. The Bertz CT molecular complexity index is 458. The van der Waals surface area contributed by atoms with E-state index >= 15 is 0 Å². The van der Waals surface area contributed by atoms with Crippen molar-refractivity contribution in [2.75, 3.05) is 12.0 Å². The molecule has 104 valence electrons. The van der Waals surface area contributed by atoms with Crippen molar-refractivity contribution in [2.45, 2.75) is 38.6 Å². The van der Waals surface area contributed by atoms with Gasteiger partial charge in [0.1, 0.15) is 5.82 Å². The number of nitrogens with one attached hydrogen (secondary N) is 1. The lowest BCUT2D eigenvalue weighted by Gasteiger charge is -2.28. The fraction of sp³-hybridized carbons (Fsp3) is 0.500. The predicted molar refractivity (Wildman–Crippen MR) is 73.2 cm³/mol. The van der Waals surface area contributed by atoms with Gasteiger partial charge in [0.2, 0.25) is 0 Å². The van der Waals surface area contributed by atoms with E-state index < -0.39 is 5.82 Å². The monoisotopic (exact) mass is 265 g/mol. The highest BCUT2D eigenvalue weighted by Gasteiger charge is 2.27. The van der Waals surface area contributed by atoms with Gasteiger partial charge in [-0.1, -0.05) is 18.9 Å². The zero-order chi connectivity index (χ0) is 13.8. The Morgan fingerprint density at radius 1 is 1.47 bits per heavy atom. The van der Waals surface area contributed by atoms with Gasteiger partial charge in [0.25, 0.3) is 5.91 Å². The molecule has 5 heteroatoms. The van der Waals surface area contributed by atoms with E-state index in [1.165, 1.54) is 12.1 Å². The molecule has 0 saturated heterocycles. The highest BCUT2D eigenvalue weighted by Crippen LogP contribution is 2.27. The number of hydrogen-bond donors (Lipinski definition) is 2. The van der Waals surface area contributed by atoms with Crippen molar-refractivity contribution in [2.24, 2.45) is 5.84 Å². The summed E-state index contributed by atoms with van der Waals surface area (Å²) in [4.78, 5) is 14.4. The second-order valence-electron chi connectivity index (χ2n) is 4.84. The van der Waals surface area contributed by atoms with E-state index in [-0.39, 0.29) is 17.6 Å². The molecule has 1 aliphatic carbocycles. The largest absolute Gasteiger partial charge is 0.336 e. The molecule has 4 nitrogen and oxygen atoms in total. The number of para-hydroxylation sites is 1. The first-order chi connectivity index (χ1) is 9.19. The molecule has 0 aromatic heterocycles. The van der Waals surface area contributed by atoms with Crippen LogP contribution in [0.2, 0.25) is 0 Å². The molecule has 19 heavy (non-hydrogen) atoms. The quantitative estimate of drug-likeness (QED) is 0.649. The molecule has 0 heterocycles. The summed E-state index contributed by atoms with van der Waals surface area (Å²) in [6.45, 7) is 2.58. The molecule has 1 fully saturated rings. The van der Waals surface area contributed by atoms with Crippen molar-refractivity contribution in [1.29, 1.82) is 0 Å². The van der Waals surface area contributed by atoms with Gasteiger partial charge in [-0.15, -0.1) is 0 Å². The van der Waals surface area contributed by atoms with E-state index in [0.29, 0.717) is 12.1 Å². The van der Waals surface area contributed by atoms with Crippen molar-refractivity contribution in [3.05, 3.63) is 29.6 Å². The fourth-order valence-corrected chi connectivity index (χ4v) is 2.79. The summed E-state index contributed by atoms with van der Waals surface area (Å²) < 4.78 is 13.6. The lowest BCUT2D eigenvalue weighted by Crippen LogP contribution is -2.39. The SMILES string of the molecule is CCN(C(=O)c1cccc(F)c1NN)C1CCCC1. The van der Waals surface area contributed by atoms with Crippen LogP contribution in [-0.2, 0) is 0 Å². The van der Waals surface area contributed by atoms with Crippen molar-refractivity contribution in [3.63, 3.8) is 0 Å². The van der Waals surface area contributed by atoms with Gasteiger partial charge >= 0.3 is 0 Å². The summed E-state index contributed by atoms with van der Waals surface area (Å²) in [7, 11) is 0.